The molecule has 2 bridgehead atoms. The molecule has 96 valence electrons. The van der Waals surface area contributed by atoms with Gasteiger partial charge >= 0.3 is 0 Å². The van der Waals surface area contributed by atoms with Gasteiger partial charge in [0.1, 0.15) is 0 Å². The summed E-state index contributed by atoms with van der Waals surface area (Å²) in [6, 6.07) is 0.569. The summed E-state index contributed by atoms with van der Waals surface area (Å²) in [4.78, 5) is 12.4. The summed E-state index contributed by atoms with van der Waals surface area (Å²) in [6.07, 6.45) is 4.29. The highest BCUT2D eigenvalue weighted by Crippen LogP contribution is 2.66. The molecule has 5 nitrogen and oxygen atoms in total. The molecule has 3 aliphatic rings. The van der Waals surface area contributed by atoms with E-state index in [4.69, 9.17) is 11.6 Å². The van der Waals surface area contributed by atoms with Crippen molar-refractivity contribution in [2.45, 2.75) is 25.3 Å². The second-order valence-electron chi connectivity index (χ2n) is 5.66. The second-order valence-corrected chi connectivity index (χ2v) is 6.00. The molecule has 18 heavy (non-hydrogen) atoms. The third-order valence-corrected chi connectivity index (χ3v) is 5.03. The van der Waals surface area contributed by atoms with Crippen molar-refractivity contribution in [2.75, 3.05) is 17.7 Å². The van der Waals surface area contributed by atoms with Crippen molar-refractivity contribution in [3.05, 3.63) is 5.28 Å². The normalized spacial score (nSPS) is 39.6. The molecule has 0 saturated heterocycles. The summed E-state index contributed by atoms with van der Waals surface area (Å²) in [6.45, 7) is 0. The molecular weight excluding hydrogens is 250 g/mol. The fourth-order valence-electron chi connectivity index (χ4n) is 4.19. The van der Waals surface area contributed by atoms with Crippen LogP contribution in [0.4, 0.5) is 11.9 Å². The minimum Gasteiger partial charge on any atom is -0.357 e. The van der Waals surface area contributed by atoms with Crippen LogP contribution in [0.5, 0.6) is 0 Å². The molecule has 0 aromatic carbocycles. The zero-order valence-electron chi connectivity index (χ0n) is 10.2. The second kappa shape index (κ2) is 3.70. The molecule has 4 unspecified atom stereocenters. The Balaban J connectivity index is 1.51. The quantitative estimate of drug-likeness (QED) is 0.876. The van der Waals surface area contributed by atoms with Gasteiger partial charge in [0.05, 0.1) is 0 Å². The molecule has 1 aromatic heterocycles. The predicted octanol–water partition coefficient (Wildman–Crippen LogP) is 2.02. The Morgan fingerprint density at radius 2 is 1.72 bits per heavy atom. The van der Waals surface area contributed by atoms with Gasteiger partial charge in [-0.25, -0.2) is 0 Å². The SMILES string of the molecule is CNc1nc(Cl)nc(NC2C3C4CCC(C4)C23)n1. The highest BCUT2D eigenvalue weighted by atomic mass is 35.5. The van der Waals surface area contributed by atoms with Crippen LogP contribution in [0.3, 0.4) is 0 Å². The molecular formula is C12H16ClN5. The zero-order chi connectivity index (χ0) is 12.3. The summed E-state index contributed by atoms with van der Waals surface area (Å²) in [5.41, 5.74) is 0. The van der Waals surface area contributed by atoms with Crippen LogP contribution < -0.4 is 10.6 Å². The van der Waals surface area contributed by atoms with E-state index in [0.717, 1.165) is 23.7 Å². The Morgan fingerprint density at radius 1 is 1.06 bits per heavy atom. The van der Waals surface area contributed by atoms with Crippen LogP contribution >= 0.6 is 11.6 Å². The lowest BCUT2D eigenvalue weighted by atomic mass is 10.0. The summed E-state index contributed by atoms with van der Waals surface area (Å²) in [7, 11) is 1.78. The Kier molecular flexibility index (Phi) is 2.22. The van der Waals surface area contributed by atoms with Crippen molar-refractivity contribution in [3.8, 4) is 0 Å². The van der Waals surface area contributed by atoms with Crippen LogP contribution in [-0.2, 0) is 0 Å². The maximum Gasteiger partial charge on any atom is 0.229 e. The molecule has 0 radical (unpaired) electrons. The summed E-state index contributed by atoms with van der Waals surface area (Å²) >= 11 is 5.88. The number of nitrogens with zero attached hydrogens (tertiary/aromatic N) is 3. The van der Waals surface area contributed by atoms with E-state index in [-0.39, 0.29) is 5.28 Å². The topological polar surface area (TPSA) is 62.7 Å². The van der Waals surface area contributed by atoms with E-state index >= 15 is 0 Å². The molecule has 4 atom stereocenters. The maximum atomic E-state index is 5.88. The first-order chi connectivity index (χ1) is 8.76. The van der Waals surface area contributed by atoms with Crippen molar-refractivity contribution >= 4 is 23.5 Å². The summed E-state index contributed by atoms with van der Waals surface area (Å²) in [5, 5.41) is 6.58. The third-order valence-electron chi connectivity index (χ3n) is 4.86. The first-order valence-corrected chi connectivity index (χ1v) is 7.00. The van der Waals surface area contributed by atoms with Gasteiger partial charge in [0.25, 0.3) is 0 Å². The average Bonchev–Trinajstić information content (AvgIpc) is 2.76. The van der Waals surface area contributed by atoms with Crippen LogP contribution in [-0.4, -0.2) is 28.0 Å². The van der Waals surface area contributed by atoms with E-state index in [0.29, 0.717) is 17.9 Å². The molecule has 2 N–H and O–H groups in total. The molecule has 1 heterocycles. The highest BCUT2D eigenvalue weighted by Gasteiger charge is 2.65. The monoisotopic (exact) mass is 265 g/mol. The van der Waals surface area contributed by atoms with Crippen molar-refractivity contribution < 1.29 is 0 Å². The van der Waals surface area contributed by atoms with Gasteiger partial charge in [-0.05, 0) is 54.5 Å². The summed E-state index contributed by atoms with van der Waals surface area (Å²) < 4.78 is 0. The molecule has 0 aliphatic heterocycles. The minimum atomic E-state index is 0.241. The van der Waals surface area contributed by atoms with E-state index in [1.165, 1.54) is 19.3 Å². The van der Waals surface area contributed by atoms with Gasteiger partial charge in [0.15, 0.2) is 0 Å². The lowest BCUT2D eigenvalue weighted by molar-refractivity contribution is 0.456. The third kappa shape index (κ3) is 1.49. The van der Waals surface area contributed by atoms with Gasteiger partial charge in [0, 0.05) is 13.1 Å². The number of fused-ring (bicyclic) bond motifs is 5. The predicted molar refractivity (Wildman–Crippen MR) is 69.6 cm³/mol. The lowest BCUT2D eigenvalue weighted by Crippen LogP contribution is -2.15. The van der Waals surface area contributed by atoms with Crippen LogP contribution in [0.1, 0.15) is 19.3 Å². The minimum absolute atomic E-state index is 0.241. The van der Waals surface area contributed by atoms with E-state index in [1.54, 1.807) is 7.05 Å². The van der Waals surface area contributed by atoms with Gasteiger partial charge in [-0.3, -0.25) is 0 Å². The molecule has 0 amide bonds. The van der Waals surface area contributed by atoms with E-state index < -0.39 is 0 Å². The molecule has 1 aromatic rings. The van der Waals surface area contributed by atoms with Crippen molar-refractivity contribution in [1.82, 2.24) is 15.0 Å². The molecule has 4 rings (SSSR count). The van der Waals surface area contributed by atoms with Gasteiger partial charge in [-0.1, -0.05) is 0 Å². The van der Waals surface area contributed by atoms with Crippen LogP contribution in [0.15, 0.2) is 0 Å². The standard InChI is InChI=1S/C12H16ClN5/c1-14-11-16-10(13)17-12(18-11)15-9-7-5-2-3-6(4-5)8(7)9/h5-9H,2-4H2,1H3,(H2,14,15,16,17,18). The Hall–Kier alpha value is -1.10. The van der Waals surface area contributed by atoms with Gasteiger partial charge < -0.3 is 10.6 Å². The molecule has 3 aliphatic carbocycles. The molecule has 0 spiro atoms. The van der Waals surface area contributed by atoms with Gasteiger partial charge in [0.2, 0.25) is 17.2 Å². The highest BCUT2D eigenvalue weighted by molar-refractivity contribution is 6.28. The van der Waals surface area contributed by atoms with E-state index in [2.05, 4.69) is 25.6 Å². The van der Waals surface area contributed by atoms with Gasteiger partial charge in [-0.15, -0.1) is 0 Å². The Morgan fingerprint density at radius 3 is 2.39 bits per heavy atom. The maximum absolute atomic E-state index is 5.88. The van der Waals surface area contributed by atoms with Crippen LogP contribution in [0.25, 0.3) is 0 Å². The number of rotatable bonds is 3. The average molecular weight is 266 g/mol. The fourth-order valence-corrected chi connectivity index (χ4v) is 4.35. The Labute approximate surface area is 111 Å². The lowest BCUT2D eigenvalue weighted by Gasteiger charge is -2.11. The van der Waals surface area contributed by atoms with E-state index in [9.17, 15) is 0 Å². The number of aromatic nitrogens is 3. The van der Waals surface area contributed by atoms with Crippen molar-refractivity contribution in [3.63, 3.8) is 0 Å². The van der Waals surface area contributed by atoms with Crippen LogP contribution in [0, 0.1) is 23.7 Å². The zero-order valence-corrected chi connectivity index (χ0v) is 11.0. The Bertz CT molecular complexity index is 477. The number of hydrogen-bond acceptors (Lipinski definition) is 5. The first-order valence-electron chi connectivity index (χ1n) is 6.62. The van der Waals surface area contributed by atoms with Crippen molar-refractivity contribution in [1.29, 1.82) is 0 Å². The number of hydrogen-bond donors (Lipinski definition) is 2. The van der Waals surface area contributed by atoms with Gasteiger partial charge in [-0.2, -0.15) is 15.0 Å². The van der Waals surface area contributed by atoms with E-state index in [1.807, 2.05) is 0 Å². The number of nitrogens with one attached hydrogen (secondary N) is 2. The molecule has 3 saturated carbocycles. The molecule has 3 fully saturated rings. The first kappa shape index (κ1) is 10.8. The van der Waals surface area contributed by atoms with Crippen molar-refractivity contribution in [2.24, 2.45) is 23.7 Å². The number of anilines is 2. The summed E-state index contributed by atoms with van der Waals surface area (Å²) in [5.74, 6) is 4.73. The fraction of sp³-hybridized carbons (Fsp3) is 0.750. The van der Waals surface area contributed by atoms with Crippen LogP contribution in [0.2, 0.25) is 5.28 Å². The number of halogens is 1. The smallest absolute Gasteiger partial charge is 0.229 e. The largest absolute Gasteiger partial charge is 0.357 e. The molecule has 6 heteroatoms.